The van der Waals surface area contributed by atoms with Crippen LogP contribution >= 0.6 is 15.9 Å². The summed E-state index contributed by atoms with van der Waals surface area (Å²) in [6.07, 6.45) is 0. The highest BCUT2D eigenvalue weighted by atomic mass is 79.9. The smallest absolute Gasteiger partial charge is 0.146 e. The Balaban J connectivity index is 2.70. The number of rotatable bonds is 2. The van der Waals surface area contributed by atoms with E-state index >= 15 is 0 Å². The Kier molecular flexibility index (Phi) is 3.74. The highest BCUT2D eigenvalue weighted by Gasteiger charge is 2.34. The van der Waals surface area contributed by atoms with Gasteiger partial charge in [-0.2, -0.15) is 0 Å². The summed E-state index contributed by atoms with van der Waals surface area (Å²) >= 11 is 3.01. The summed E-state index contributed by atoms with van der Waals surface area (Å²) in [7, 11) is 0. The molecule has 19 heavy (non-hydrogen) atoms. The molecule has 0 bridgehead atoms. The van der Waals surface area contributed by atoms with Gasteiger partial charge in [-0.05, 0) is 53.0 Å². The second-order valence-electron chi connectivity index (χ2n) is 4.61. The number of aliphatic hydroxyl groups is 1. The van der Waals surface area contributed by atoms with Gasteiger partial charge < -0.3 is 5.11 Å². The maximum absolute atomic E-state index is 14.1. The van der Waals surface area contributed by atoms with Gasteiger partial charge in [-0.1, -0.05) is 24.3 Å². The van der Waals surface area contributed by atoms with Crippen molar-refractivity contribution in [1.29, 1.82) is 0 Å². The molecule has 100 valence electrons. The van der Waals surface area contributed by atoms with Crippen molar-refractivity contribution in [3.63, 3.8) is 0 Å². The van der Waals surface area contributed by atoms with Crippen molar-refractivity contribution in [1.82, 2.24) is 0 Å². The predicted molar refractivity (Wildman–Crippen MR) is 73.9 cm³/mol. The van der Waals surface area contributed by atoms with E-state index in [-0.39, 0.29) is 10.0 Å². The summed E-state index contributed by atoms with van der Waals surface area (Å²) in [4.78, 5) is 0. The molecule has 0 radical (unpaired) electrons. The lowest BCUT2D eigenvalue weighted by atomic mass is 9.85. The largest absolute Gasteiger partial charge is 0.380 e. The Morgan fingerprint density at radius 1 is 1.11 bits per heavy atom. The van der Waals surface area contributed by atoms with E-state index in [1.54, 1.807) is 25.1 Å². The van der Waals surface area contributed by atoms with Gasteiger partial charge in [-0.3, -0.25) is 0 Å². The molecule has 2 aromatic carbocycles. The molecule has 2 rings (SSSR count). The average Bonchev–Trinajstić information content (AvgIpc) is 2.34. The fourth-order valence-corrected chi connectivity index (χ4v) is 2.56. The van der Waals surface area contributed by atoms with Crippen LogP contribution in [0.4, 0.5) is 8.78 Å². The monoisotopic (exact) mass is 326 g/mol. The first-order valence-electron chi connectivity index (χ1n) is 5.78. The number of hydrogen-bond donors (Lipinski definition) is 1. The van der Waals surface area contributed by atoms with Gasteiger partial charge in [-0.15, -0.1) is 0 Å². The minimum Gasteiger partial charge on any atom is -0.380 e. The van der Waals surface area contributed by atoms with E-state index in [2.05, 4.69) is 15.9 Å². The molecule has 0 saturated carbocycles. The normalized spacial score (nSPS) is 14.2. The maximum Gasteiger partial charge on any atom is 0.146 e. The lowest BCUT2D eigenvalue weighted by Crippen LogP contribution is -2.27. The molecule has 0 aliphatic rings. The van der Waals surface area contributed by atoms with Gasteiger partial charge in [-0.25, -0.2) is 8.78 Å². The molecule has 2 aromatic rings. The molecule has 1 N–H and O–H groups in total. The topological polar surface area (TPSA) is 20.2 Å². The van der Waals surface area contributed by atoms with E-state index in [4.69, 9.17) is 0 Å². The summed E-state index contributed by atoms with van der Waals surface area (Å²) in [6, 6.07) is 9.40. The average molecular weight is 327 g/mol. The quantitative estimate of drug-likeness (QED) is 0.816. The molecule has 0 spiro atoms. The third kappa shape index (κ3) is 2.42. The minimum absolute atomic E-state index is 0.123. The molecule has 1 atom stereocenters. The molecule has 4 heteroatoms. The van der Waals surface area contributed by atoms with Crippen LogP contribution < -0.4 is 0 Å². The Morgan fingerprint density at radius 2 is 1.74 bits per heavy atom. The molecule has 0 amide bonds. The van der Waals surface area contributed by atoms with E-state index in [0.717, 1.165) is 11.6 Å². The van der Waals surface area contributed by atoms with Crippen LogP contribution in [0.2, 0.25) is 0 Å². The molecule has 1 unspecified atom stereocenters. The first-order valence-corrected chi connectivity index (χ1v) is 6.57. The Morgan fingerprint density at radius 3 is 2.37 bits per heavy atom. The van der Waals surface area contributed by atoms with Crippen LogP contribution in [-0.4, -0.2) is 5.11 Å². The molecule has 0 saturated heterocycles. The first kappa shape index (κ1) is 14.2. The standard InChI is InChI=1S/C15H13BrF2O/c1-9-5-3-4-6-10(9)15(2,19)13-12(17)8-7-11(16)14(13)18/h3-8,19H,1-2H3. The van der Waals surface area contributed by atoms with Crippen LogP contribution in [0.25, 0.3) is 0 Å². The number of aryl methyl sites for hydroxylation is 1. The van der Waals surface area contributed by atoms with Crippen LogP contribution in [0.3, 0.4) is 0 Å². The van der Waals surface area contributed by atoms with Gasteiger partial charge in [0.2, 0.25) is 0 Å². The number of halogens is 3. The number of hydrogen-bond acceptors (Lipinski definition) is 1. The Labute approximate surface area is 119 Å². The van der Waals surface area contributed by atoms with E-state index in [1.165, 1.54) is 13.0 Å². The van der Waals surface area contributed by atoms with Crippen molar-refractivity contribution in [3.05, 3.63) is 69.2 Å². The lowest BCUT2D eigenvalue weighted by Gasteiger charge is -2.27. The van der Waals surface area contributed by atoms with Crippen molar-refractivity contribution >= 4 is 15.9 Å². The van der Waals surface area contributed by atoms with E-state index < -0.39 is 17.2 Å². The molecule has 1 nitrogen and oxygen atoms in total. The summed E-state index contributed by atoms with van der Waals surface area (Å²) < 4.78 is 28.2. The second-order valence-corrected chi connectivity index (χ2v) is 5.46. The summed E-state index contributed by atoms with van der Waals surface area (Å²) in [6.45, 7) is 3.18. The third-order valence-corrected chi connectivity index (χ3v) is 3.81. The first-order chi connectivity index (χ1) is 8.85. The van der Waals surface area contributed by atoms with Crippen molar-refractivity contribution in [2.45, 2.75) is 19.4 Å². The number of benzene rings is 2. The predicted octanol–water partition coefficient (Wildman–Crippen LogP) is 4.29. The summed E-state index contributed by atoms with van der Waals surface area (Å²) in [5.74, 6) is -1.55. The highest BCUT2D eigenvalue weighted by molar-refractivity contribution is 9.10. The SMILES string of the molecule is Cc1ccccc1C(C)(O)c1c(F)ccc(Br)c1F. The van der Waals surface area contributed by atoms with Gasteiger partial charge in [0.1, 0.15) is 17.2 Å². The summed E-state index contributed by atoms with van der Waals surface area (Å²) in [5.41, 5.74) is -0.836. The van der Waals surface area contributed by atoms with E-state index in [0.29, 0.717) is 5.56 Å². The van der Waals surface area contributed by atoms with Crippen molar-refractivity contribution in [3.8, 4) is 0 Å². The lowest BCUT2D eigenvalue weighted by molar-refractivity contribution is 0.0925. The minimum atomic E-state index is -1.73. The Hall–Kier alpha value is -1.26. The molecule has 0 aliphatic carbocycles. The van der Waals surface area contributed by atoms with Crippen molar-refractivity contribution in [2.75, 3.05) is 0 Å². The zero-order valence-electron chi connectivity index (χ0n) is 10.5. The van der Waals surface area contributed by atoms with Gasteiger partial charge in [0, 0.05) is 0 Å². The molecule has 0 aromatic heterocycles. The maximum atomic E-state index is 14.1. The summed E-state index contributed by atoms with van der Waals surface area (Å²) in [5, 5.41) is 10.6. The molecule has 0 aliphatic heterocycles. The van der Waals surface area contributed by atoms with Crippen LogP contribution in [0.5, 0.6) is 0 Å². The third-order valence-electron chi connectivity index (χ3n) is 3.20. The van der Waals surface area contributed by atoms with Crippen LogP contribution in [-0.2, 0) is 5.60 Å². The second kappa shape index (κ2) is 5.02. The molecular weight excluding hydrogens is 314 g/mol. The molecular formula is C15H13BrF2O. The van der Waals surface area contributed by atoms with Gasteiger partial charge in [0.25, 0.3) is 0 Å². The van der Waals surface area contributed by atoms with Crippen LogP contribution in [0, 0.1) is 18.6 Å². The van der Waals surface area contributed by atoms with E-state index in [1.807, 2.05) is 6.07 Å². The van der Waals surface area contributed by atoms with Gasteiger partial charge in [0.15, 0.2) is 0 Å². The van der Waals surface area contributed by atoms with Crippen LogP contribution in [0.15, 0.2) is 40.9 Å². The van der Waals surface area contributed by atoms with Gasteiger partial charge >= 0.3 is 0 Å². The van der Waals surface area contributed by atoms with E-state index in [9.17, 15) is 13.9 Å². The van der Waals surface area contributed by atoms with Gasteiger partial charge in [0.05, 0.1) is 10.0 Å². The zero-order valence-corrected chi connectivity index (χ0v) is 12.1. The molecule has 0 heterocycles. The van der Waals surface area contributed by atoms with Crippen molar-refractivity contribution < 1.29 is 13.9 Å². The zero-order chi connectivity index (χ0) is 14.2. The van der Waals surface area contributed by atoms with Crippen molar-refractivity contribution in [2.24, 2.45) is 0 Å². The highest BCUT2D eigenvalue weighted by Crippen LogP contribution is 2.36. The fourth-order valence-electron chi connectivity index (χ4n) is 2.23. The fraction of sp³-hybridized carbons (Fsp3) is 0.200. The molecule has 0 fully saturated rings. The van der Waals surface area contributed by atoms with Crippen LogP contribution in [0.1, 0.15) is 23.6 Å². The Bertz CT molecular complexity index is 624.